The van der Waals surface area contributed by atoms with E-state index in [9.17, 15) is 0 Å². The topological polar surface area (TPSA) is 129 Å². The molecule has 0 aliphatic carbocycles. The predicted molar refractivity (Wildman–Crippen MR) is 301 cm³/mol. The molecule has 17 atom stereocenters. The SMILES string of the molecule is CCCCCC(C)(C[C@H]1OC[C@H](OCC)[C@@H](OCC(C)C)[C@@H]1OCC(C)C)O[C@H]1O[C@H](CC(C)(CCCC)O[C@H]2O[C@H](COCC)C[C@H](OCC(C)C)[C@H]2OCC(C)C)[C@@H](OCC(C)C)[C@@H]2OC[C@@H](C)C[C@@H](C)CO[C@@H]12. The average Bonchev–Trinajstić information content (AvgIpc) is 3.41. The summed E-state index contributed by atoms with van der Waals surface area (Å²) in [6.07, 6.45) is 3.49. The molecule has 4 rings (SSSR count). The molecule has 4 heterocycles. The first-order valence-corrected chi connectivity index (χ1v) is 30.9. The van der Waals surface area contributed by atoms with Crippen LogP contribution in [0.5, 0.6) is 0 Å². The number of ether oxygens (including phenoxy) is 14. The van der Waals surface area contributed by atoms with E-state index in [1.165, 1.54) is 0 Å². The first-order chi connectivity index (χ1) is 36.1. The molecule has 0 spiro atoms. The fourth-order valence-electron chi connectivity index (χ4n) is 11.2. The van der Waals surface area contributed by atoms with E-state index in [4.69, 9.17) is 66.3 Å². The van der Waals surface area contributed by atoms with Crippen LogP contribution in [0, 0.1) is 41.4 Å². The maximum Gasteiger partial charge on any atom is 0.187 e. The van der Waals surface area contributed by atoms with Crippen LogP contribution in [0.25, 0.3) is 0 Å². The second-order valence-electron chi connectivity index (χ2n) is 26.1. The van der Waals surface area contributed by atoms with Gasteiger partial charge in [-0.1, -0.05) is 129 Å². The van der Waals surface area contributed by atoms with E-state index >= 15 is 0 Å². The van der Waals surface area contributed by atoms with Gasteiger partial charge in [-0.15, -0.1) is 0 Å². The maximum absolute atomic E-state index is 7.71. The number of fused-ring (bicyclic) bond motifs is 1. The first-order valence-electron chi connectivity index (χ1n) is 30.9. The standard InChI is InChI=1S/C62H118O14/c1-19-23-25-27-62(18,30-50-53(67-33-42(7)8)55(69-35-44(11)12)52(40-66-50)64-22-4)76-60-58-57(71-37-46(15)28-47(16)38-72-58)54(68-34-43(9)10)51(74-60)31-61(17,26-24-20-2)75-59-56(70-36-45(13)14)49(65-32-41(5)6)29-48(73-59)39-63-21-3/h41-60H,19-40H2,1-18H3/t46-,47+,48-,49-,50+,51+,52-,53+,54+,55+,56+,57-,58+,59+,60+,61?,62?/m0/s1. The maximum atomic E-state index is 7.71. The summed E-state index contributed by atoms with van der Waals surface area (Å²) in [6, 6.07) is 0. The van der Waals surface area contributed by atoms with Crippen molar-refractivity contribution < 1.29 is 66.3 Å². The van der Waals surface area contributed by atoms with Gasteiger partial charge in [0.2, 0.25) is 0 Å². The Morgan fingerprint density at radius 2 is 0.974 bits per heavy atom. The Hall–Kier alpha value is -0.560. The van der Waals surface area contributed by atoms with Crippen molar-refractivity contribution in [2.24, 2.45) is 41.4 Å². The minimum Gasteiger partial charge on any atom is -0.379 e. The number of hydrogen-bond donors (Lipinski definition) is 0. The zero-order valence-electron chi connectivity index (χ0n) is 51.8. The monoisotopic (exact) mass is 1090 g/mol. The largest absolute Gasteiger partial charge is 0.379 e. The van der Waals surface area contributed by atoms with Crippen molar-refractivity contribution >= 4 is 0 Å². The number of unbranched alkanes of at least 4 members (excludes halogenated alkanes) is 3. The van der Waals surface area contributed by atoms with E-state index in [1.807, 2.05) is 13.8 Å². The zero-order valence-corrected chi connectivity index (χ0v) is 51.8. The predicted octanol–water partition coefficient (Wildman–Crippen LogP) is 12.4. The third kappa shape index (κ3) is 23.0. The van der Waals surface area contributed by atoms with Gasteiger partial charge in [-0.05, 0) is 88.4 Å². The fraction of sp³-hybridized carbons (Fsp3) is 1.00. The highest BCUT2D eigenvalue weighted by Crippen LogP contribution is 2.43. The Labute approximate surface area is 465 Å². The lowest BCUT2D eigenvalue weighted by Crippen LogP contribution is -2.64. The molecular formula is C62H118O14. The molecule has 0 bridgehead atoms. The number of rotatable bonds is 35. The van der Waals surface area contributed by atoms with Crippen LogP contribution in [0.2, 0.25) is 0 Å². The van der Waals surface area contributed by atoms with Crippen LogP contribution in [0.15, 0.2) is 0 Å². The lowest BCUT2D eigenvalue weighted by atomic mass is 9.85. The summed E-state index contributed by atoms with van der Waals surface area (Å²) in [4.78, 5) is 0. The highest BCUT2D eigenvalue weighted by Gasteiger charge is 2.55. The highest BCUT2D eigenvalue weighted by atomic mass is 16.7. The molecule has 76 heavy (non-hydrogen) atoms. The Morgan fingerprint density at radius 1 is 0.461 bits per heavy atom. The van der Waals surface area contributed by atoms with Crippen molar-refractivity contribution in [2.45, 2.75) is 286 Å². The lowest BCUT2D eigenvalue weighted by molar-refractivity contribution is -0.356. The van der Waals surface area contributed by atoms with Crippen LogP contribution in [0.1, 0.15) is 195 Å². The molecule has 2 unspecified atom stereocenters. The normalized spacial score (nSPS) is 33.6. The van der Waals surface area contributed by atoms with Gasteiger partial charge < -0.3 is 66.3 Å². The van der Waals surface area contributed by atoms with Crippen LogP contribution >= 0.6 is 0 Å². The molecule has 4 aliphatic heterocycles. The van der Waals surface area contributed by atoms with E-state index < -0.39 is 54.3 Å². The van der Waals surface area contributed by atoms with Gasteiger partial charge in [-0.3, -0.25) is 0 Å². The molecular weight excluding hydrogens is 969 g/mol. The molecule has 0 N–H and O–H groups in total. The van der Waals surface area contributed by atoms with Gasteiger partial charge in [0.05, 0.1) is 48.8 Å². The summed E-state index contributed by atoms with van der Waals surface area (Å²) in [5.41, 5.74) is -1.49. The summed E-state index contributed by atoms with van der Waals surface area (Å²) in [5, 5.41) is 0. The molecule has 0 aromatic rings. The van der Waals surface area contributed by atoms with Crippen LogP contribution in [0.4, 0.5) is 0 Å². The van der Waals surface area contributed by atoms with Crippen LogP contribution in [0.3, 0.4) is 0 Å². The minimum atomic E-state index is -0.809. The van der Waals surface area contributed by atoms with Gasteiger partial charge in [-0.25, -0.2) is 0 Å². The van der Waals surface area contributed by atoms with Gasteiger partial charge in [-0.2, -0.15) is 0 Å². The summed E-state index contributed by atoms with van der Waals surface area (Å²) in [7, 11) is 0. The van der Waals surface area contributed by atoms with Crippen molar-refractivity contribution in [2.75, 3.05) is 72.7 Å². The van der Waals surface area contributed by atoms with E-state index in [0.717, 1.165) is 51.4 Å². The van der Waals surface area contributed by atoms with Crippen LogP contribution < -0.4 is 0 Å². The summed E-state index contributed by atoms with van der Waals surface area (Å²) < 4.78 is 97.6. The molecule has 0 aromatic heterocycles. The molecule has 4 saturated heterocycles. The molecule has 0 aromatic carbocycles. The number of hydrogen-bond acceptors (Lipinski definition) is 14. The molecule has 4 aliphatic rings. The second kappa shape index (κ2) is 34.8. The summed E-state index contributed by atoms with van der Waals surface area (Å²) >= 11 is 0. The summed E-state index contributed by atoms with van der Waals surface area (Å²) in [6.45, 7) is 45.3. The first kappa shape index (κ1) is 67.9. The molecule has 14 nitrogen and oxygen atoms in total. The van der Waals surface area contributed by atoms with E-state index in [-0.39, 0.29) is 42.5 Å². The quantitative estimate of drug-likeness (QED) is 0.0558. The highest BCUT2D eigenvalue weighted by molar-refractivity contribution is 5.00. The molecule has 0 radical (unpaired) electrons. The Bertz CT molecular complexity index is 1500. The van der Waals surface area contributed by atoms with Crippen molar-refractivity contribution in [1.82, 2.24) is 0 Å². The van der Waals surface area contributed by atoms with E-state index in [1.54, 1.807) is 0 Å². The van der Waals surface area contributed by atoms with Crippen molar-refractivity contribution in [3.63, 3.8) is 0 Å². The van der Waals surface area contributed by atoms with Gasteiger partial charge >= 0.3 is 0 Å². The Morgan fingerprint density at radius 3 is 1.54 bits per heavy atom. The third-order valence-electron chi connectivity index (χ3n) is 15.0. The van der Waals surface area contributed by atoms with Crippen LogP contribution in [-0.4, -0.2) is 164 Å². The average molecular weight is 1090 g/mol. The van der Waals surface area contributed by atoms with Gasteiger partial charge in [0.15, 0.2) is 12.6 Å². The van der Waals surface area contributed by atoms with Crippen LogP contribution in [-0.2, 0) is 66.3 Å². The molecule has 14 heteroatoms. The van der Waals surface area contributed by atoms with Crippen molar-refractivity contribution in [1.29, 1.82) is 0 Å². The molecule has 4 fully saturated rings. The van der Waals surface area contributed by atoms with Crippen molar-refractivity contribution in [3.05, 3.63) is 0 Å². The Balaban J connectivity index is 1.85. The second-order valence-corrected chi connectivity index (χ2v) is 26.1. The fourth-order valence-corrected chi connectivity index (χ4v) is 11.2. The third-order valence-corrected chi connectivity index (χ3v) is 15.0. The lowest BCUT2D eigenvalue weighted by Gasteiger charge is -2.51. The smallest absolute Gasteiger partial charge is 0.187 e. The van der Waals surface area contributed by atoms with Gasteiger partial charge in [0.25, 0.3) is 0 Å². The Kier molecular flexibility index (Phi) is 31.1. The molecule has 0 amide bonds. The van der Waals surface area contributed by atoms with Crippen molar-refractivity contribution in [3.8, 4) is 0 Å². The molecule has 450 valence electrons. The zero-order chi connectivity index (χ0) is 56.0. The van der Waals surface area contributed by atoms with E-state index in [0.29, 0.717) is 127 Å². The van der Waals surface area contributed by atoms with E-state index in [2.05, 4.69) is 111 Å². The summed E-state index contributed by atoms with van der Waals surface area (Å²) in [5.74, 6) is 2.22. The van der Waals surface area contributed by atoms with Gasteiger partial charge in [0, 0.05) is 78.7 Å². The molecule has 0 saturated carbocycles. The van der Waals surface area contributed by atoms with Gasteiger partial charge in [0.1, 0.15) is 42.7 Å². The minimum absolute atomic E-state index is 0.229.